The minimum Gasteiger partial charge on any atom is -0.374 e. The number of pyridine rings is 1. The summed E-state index contributed by atoms with van der Waals surface area (Å²) in [6, 6.07) is 6.31. The normalized spacial score (nSPS) is 11.1. The molecule has 2 N–H and O–H groups in total. The number of aromatic nitrogens is 3. The van der Waals surface area contributed by atoms with E-state index >= 15 is 0 Å². The summed E-state index contributed by atoms with van der Waals surface area (Å²) in [5.74, 6) is 0. The lowest BCUT2D eigenvalue weighted by Crippen LogP contribution is -1.91. The van der Waals surface area contributed by atoms with E-state index in [4.69, 9.17) is 5.73 Å². The third-order valence-corrected chi connectivity index (χ3v) is 4.01. The molecular weight excluding hydrogens is 256 g/mol. The summed E-state index contributed by atoms with van der Waals surface area (Å²) in [5.41, 5.74) is 11.2. The average molecular weight is 270 g/mol. The minimum atomic E-state index is 0.487. The van der Waals surface area contributed by atoms with E-state index in [2.05, 4.69) is 41.2 Å². The summed E-state index contributed by atoms with van der Waals surface area (Å²) in [5, 5.41) is 10.5. The van der Waals surface area contributed by atoms with Crippen LogP contribution in [0, 0.1) is 20.8 Å². The van der Waals surface area contributed by atoms with Crippen molar-refractivity contribution in [3.8, 4) is 10.6 Å². The van der Waals surface area contributed by atoms with Crippen LogP contribution in [-0.4, -0.2) is 15.2 Å². The van der Waals surface area contributed by atoms with Gasteiger partial charge in [0.25, 0.3) is 0 Å². The number of benzene rings is 1. The Balaban J connectivity index is 2.37. The zero-order chi connectivity index (χ0) is 13.6. The molecular formula is C14H14N4S. The van der Waals surface area contributed by atoms with Gasteiger partial charge in [0.05, 0.1) is 5.52 Å². The van der Waals surface area contributed by atoms with Crippen molar-refractivity contribution < 1.29 is 0 Å². The highest BCUT2D eigenvalue weighted by atomic mass is 32.1. The number of anilines is 1. The lowest BCUT2D eigenvalue weighted by atomic mass is 10.0. The lowest BCUT2D eigenvalue weighted by Gasteiger charge is -2.08. The van der Waals surface area contributed by atoms with Gasteiger partial charge in [0, 0.05) is 16.6 Å². The second kappa shape index (κ2) is 4.28. The molecule has 0 aliphatic rings. The largest absolute Gasteiger partial charge is 0.374 e. The SMILES string of the molecule is Cc1cc(-c2nnc(N)s2)c2cc(C)c(C)cc2n1. The van der Waals surface area contributed by atoms with Crippen LogP contribution in [0.2, 0.25) is 0 Å². The number of rotatable bonds is 1. The molecule has 0 radical (unpaired) electrons. The first-order chi connectivity index (χ1) is 9.04. The molecule has 0 aliphatic carbocycles. The van der Waals surface area contributed by atoms with Gasteiger partial charge in [-0.2, -0.15) is 0 Å². The molecule has 2 heterocycles. The molecule has 0 saturated heterocycles. The number of aryl methyl sites for hydroxylation is 3. The van der Waals surface area contributed by atoms with E-state index in [1.54, 1.807) is 0 Å². The maximum atomic E-state index is 5.68. The van der Waals surface area contributed by atoms with E-state index in [1.807, 2.05) is 13.0 Å². The van der Waals surface area contributed by atoms with Gasteiger partial charge in [-0.05, 0) is 50.1 Å². The Kier molecular flexibility index (Phi) is 2.71. The fourth-order valence-corrected chi connectivity index (χ4v) is 2.78. The van der Waals surface area contributed by atoms with E-state index < -0.39 is 0 Å². The summed E-state index contributed by atoms with van der Waals surface area (Å²) < 4.78 is 0. The molecule has 1 aromatic carbocycles. The first-order valence-corrected chi connectivity index (χ1v) is 6.84. The smallest absolute Gasteiger partial charge is 0.203 e. The molecule has 19 heavy (non-hydrogen) atoms. The third kappa shape index (κ3) is 2.06. The highest BCUT2D eigenvalue weighted by molar-refractivity contribution is 7.18. The van der Waals surface area contributed by atoms with Crippen LogP contribution in [0.1, 0.15) is 16.8 Å². The fourth-order valence-electron chi connectivity index (χ4n) is 2.14. The fraction of sp³-hybridized carbons (Fsp3) is 0.214. The molecule has 0 atom stereocenters. The zero-order valence-corrected chi connectivity index (χ0v) is 11.9. The van der Waals surface area contributed by atoms with Crippen LogP contribution in [0.25, 0.3) is 21.5 Å². The average Bonchev–Trinajstić information content (AvgIpc) is 2.77. The van der Waals surface area contributed by atoms with Crippen molar-refractivity contribution in [1.82, 2.24) is 15.2 Å². The predicted molar refractivity (Wildman–Crippen MR) is 79.3 cm³/mol. The zero-order valence-electron chi connectivity index (χ0n) is 11.1. The number of nitrogen functional groups attached to an aromatic ring is 1. The molecule has 0 bridgehead atoms. The Morgan fingerprint density at radius 1 is 1.00 bits per heavy atom. The Morgan fingerprint density at radius 3 is 2.42 bits per heavy atom. The molecule has 4 nitrogen and oxygen atoms in total. The summed E-state index contributed by atoms with van der Waals surface area (Å²) in [6.07, 6.45) is 0. The van der Waals surface area contributed by atoms with Gasteiger partial charge in [-0.25, -0.2) is 0 Å². The molecule has 0 saturated carbocycles. The van der Waals surface area contributed by atoms with Gasteiger partial charge >= 0.3 is 0 Å². The topological polar surface area (TPSA) is 64.7 Å². The molecule has 0 fully saturated rings. The van der Waals surface area contributed by atoms with Crippen molar-refractivity contribution in [2.75, 3.05) is 5.73 Å². The van der Waals surface area contributed by atoms with Crippen molar-refractivity contribution in [2.24, 2.45) is 0 Å². The van der Waals surface area contributed by atoms with E-state index in [9.17, 15) is 0 Å². The quantitative estimate of drug-likeness (QED) is 0.737. The van der Waals surface area contributed by atoms with Gasteiger partial charge in [-0.3, -0.25) is 4.98 Å². The molecule has 0 amide bonds. The number of nitrogens with zero attached hydrogens (tertiary/aromatic N) is 3. The monoisotopic (exact) mass is 270 g/mol. The first kappa shape index (κ1) is 12.0. The van der Waals surface area contributed by atoms with Gasteiger partial charge in [-0.15, -0.1) is 10.2 Å². The van der Waals surface area contributed by atoms with Crippen molar-refractivity contribution in [1.29, 1.82) is 0 Å². The molecule has 5 heteroatoms. The second-order valence-corrected chi connectivity index (χ2v) is 5.72. The predicted octanol–water partition coefficient (Wildman–Crippen LogP) is 3.26. The van der Waals surface area contributed by atoms with Gasteiger partial charge in [0.15, 0.2) is 0 Å². The summed E-state index contributed by atoms with van der Waals surface area (Å²) in [6.45, 7) is 6.19. The van der Waals surface area contributed by atoms with Crippen LogP contribution in [-0.2, 0) is 0 Å². The van der Waals surface area contributed by atoms with E-state index in [-0.39, 0.29) is 0 Å². The number of hydrogen-bond donors (Lipinski definition) is 1. The van der Waals surface area contributed by atoms with E-state index in [0.29, 0.717) is 5.13 Å². The maximum Gasteiger partial charge on any atom is 0.203 e. The van der Waals surface area contributed by atoms with E-state index in [0.717, 1.165) is 27.2 Å². The molecule has 0 unspecified atom stereocenters. The van der Waals surface area contributed by atoms with Crippen LogP contribution < -0.4 is 5.73 Å². The van der Waals surface area contributed by atoms with Gasteiger partial charge in [-0.1, -0.05) is 11.3 Å². The second-order valence-electron chi connectivity index (χ2n) is 4.71. The third-order valence-electron chi connectivity index (χ3n) is 3.22. The number of nitrogens with two attached hydrogens (primary N) is 1. The van der Waals surface area contributed by atoms with Crippen LogP contribution in [0.4, 0.5) is 5.13 Å². The highest BCUT2D eigenvalue weighted by Gasteiger charge is 2.11. The number of fused-ring (bicyclic) bond motifs is 1. The van der Waals surface area contributed by atoms with Gasteiger partial charge in [0.1, 0.15) is 5.01 Å². The van der Waals surface area contributed by atoms with Crippen molar-refractivity contribution in [2.45, 2.75) is 20.8 Å². The van der Waals surface area contributed by atoms with Crippen LogP contribution >= 0.6 is 11.3 Å². The Labute approximate surface area is 115 Å². The molecule has 3 rings (SSSR count). The van der Waals surface area contributed by atoms with Crippen LogP contribution in [0.5, 0.6) is 0 Å². The Morgan fingerprint density at radius 2 is 1.74 bits per heavy atom. The molecule has 0 spiro atoms. The van der Waals surface area contributed by atoms with E-state index in [1.165, 1.54) is 22.5 Å². The van der Waals surface area contributed by atoms with Gasteiger partial charge < -0.3 is 5.73 Å². The Hall–Kier alpha value is -2.01. The molecule has 2 aromatic heterocycles. The maximum absolute atomic E-state index is 5.68. The van der Waals surface area contributed by atoms with Gasteiger partial charge in [0.2, 0.25) is 5.13 Å². The summed E-state index contributed by atoms with van der Waals surface area (Å²) >= 11 is 1.40. The molecule has 3 aromatic rings. The van der Waals surface area contributed by atoms with Crippen LogP contribution in [0.15, 0.2) is 18.2 Å². The number of hydrogen-bond acceptors (Lipinski definition) is 5. The van der Waals surface area contributed by atoms with Crippen LogP contribution in [0.3, 0.4) is 0 Å². The molecule has 96 valence electrons. The standard InChI is InChI=1S/C14H14N4S/c1-7-4-10-11(13-17-18-14(15)19-13)6-9(3)16-12(10)5-8(7)2/h4-6H,1-3H3,(H2,15,18). The summed E-state index contributed by atoms with van der Waals surface area (Å²) in [4.78, 5) is 4.60. The van der Waals surface area contributed by atoms with Crippen molar-refractivity contribution >= 4 is 27.4 Å². The Bertz CT molecular complexity index is 776. The highest BCUT2D eigenvalue weighted by Crippen LogP contribution is 2.32. The minimum absolute atomic E-state index is 0.487. The molecule has 0 aliphatic heterocycles. The van der Waals surface area contributed by atoms with Crippen molar-refractivity contribution in [3.63, 3.8) is 0 Å². The first-order valence-electron chi connectivity index (χ1n) is 6.02. The summed E-state index contributed by atoms with van der Waals surface area (Å²) in [7, 11) is 0. The van der Waals surface area contributed by atoms with Crippen molar-refractivity contribution in [3.05, 3.63) is 35.0 Å². The lowest BCUT2D eigenvalue weighted by molar-refractivity contribution is 1.10.